The van der Waals surface area contributed by atoms with Crippen molar-refractivity contribution in [3.8, 4) is 0 Å². The van der Waals surface area contributed by atoms with Crippen LogP contribution in [0.1, 0.15) is 33.6 Å². The molecule has 14 heavy (non-hydrogen) atoms. The second-order valence-electron chi connectivity index (χ2n) is 4.85. The average molecular weight is 197 g/mol. The van der Waals surface area contributed by atoms with Crippen LogP contribution in [0.15, 0.2) is 12.2 Å². The minimum atomic E-state index is -0.432. The Balaban J connectivity index is 2.44. The predicted octanol–water partition coefficient (Wildman–Crippen LogP) is 2.14. The number of carbonyl (C=O) groups is 1. The number of carbonyl (C=O) groups excluding carboxylic acids is 1. The van der Waals surface area contributed by atoms with Crippen LogP contribution in [0.2, 0.25) is 0 Å². The van der Waals surface area contributed by atoms with Gasteiger partial charge in [-0.25, -0.2) is 4.79 Å². The number of hydrogen-bond acceptors (Lipinski definition) is 3. The van der Waals surface area contributed by atoms with Gasteiger partial charge in [0.15, 0.2) is 0 Å². The highest BCUT2D eigenvalue weighted by molar-refractivity contribution is 5.75. The molecule has 0 aromatic carbocycles. The maximum Gasteiger partial charge on any atom is 0.330 e. The van der Waals surface area contributed by atoms with Gasteiger partial charge in [0.2, 0.25) is 0 Å². The third kappa shape index (κ3) is 3.14. The van der Waals surface area contributed by atoms with E-state index >= 15 is 0 Å². The molecule has 0 saturated carbocycles. The molecule has 0 radical (unpaired) electrons. The summed E-state index contributed by atoms with van der Waals surface area (Å²) in [5, 5.41) is 1.71. The molecule has 3 heteroatoms. The summed E-state index contributed by atoms with van der Waals surface area (Å²) in [6.07, 6.45) is 2.07. The highest BCUT2D eigenvalue weighted by Crippen LogP contribution is 2.19. The molecule has 1 aliphatic heterocycles. The molecule has 0 aromatic rings. The van der Waals surface area contributed by atoms with Gasteiger partial charge in [0.1, 0.15) is 0 Å². The lowest BCUT2D eigenvalue weighted by Crippen LogP contribution is -2.37. The Labute approximate surface area is 85.7 Å². The maximum absolute atomic E-state index is 11.5. The fraction of sp³-hybridized carbons (Fsp3) is 0.727. The summed E-state index contributed by atoms with van der Waals surface area (Å²) in [6, 6.07) is 0. The largest absolute Gasteiger partial charge is 0.367 e. The molecule has 1 saturated heterocycles. The topological polar surface area (TPSA) is 29.5 Å². The van der Waals surface area contributed by atoms with Gasteiger partial charge in [-0.05, 0) is 33.6 Å². The van der Waals surface area contributed by atoms with Crippen molar-refractivity contribution in [2.75, 3.05) is 13.1 Å². The average Bonchev–Trinajstić information content (AvgIpc) is 2.02. The van der Waals surface area contributed by atoms with Gasteiger partial charge in [0, 0.05) is 6.54 Å². The van der Waals surface area contributed by atoms with Crippen molar-refractivity contribution >= 4 is 5.97 Å². The van der Waals surface area contributed by atoms with Crippen LogP contribution >= 0.6 is 0 Å². The van der Waals surface area contributed by atoms with Crippen LogP contribution in [0, 0.1) is 5.41 Å². The van der Waals surface area contributed by atoms with Crippen LogP contribution < -0.4 is 0 Å². The van der Waals surface area contributed by atoms with Gasteiger partial charge in [-0.3, -0.25) is 0 Å². The van der Waals surface area contributed by atoms with Gasteiger partial charge >= 0.3 is 5.97 Å². The van der Waals surface area contributed by atoms with E-state index in [-0.39, 0.29) is 5.97 Å². The van der Waals surface area contributed by atoms with Gasteiger partial charge in [0.25, 0.3) is 0 Å². The smallest absolute Gasteiger partial charge is 0.330 e. The highest BCUT2D eigenvalue weighted by atomic mass is 16.7. The molecule has 0 unspecified atom stereocenters. The standard InChI is InChI=1S/C11H19NO2/c1-9-6-5-7-12(8-9)14-10(13)11(2,3)4/h1,5-8H2,2-4H3. The molecule has 1 heterocycles. The minimum absolute atomic E-state index is 0.174. The number of hydrogen-bond donors (Lipinski definition) is 0. The third-order valence-corrected chi connectivity index (χ3v) is 2.16. The lowest BCUT2D eigenvalue weighted by atomic mass is 9.98. The fourth-order valence-electron chi connectivity index (χ4n) is 1.25. The van der Waals surface area contributed by atoms with E-state index < -0.39 is 5.41 Å². The molecule has 0 aliphatic carbocycles. The third-order valence-electron chi connectivity index (χ3n) is 2.16. The van der Waals surface area contributed by atoms with Gasteiger partial charge in [-0.15, -0.1) is 5.06 Å². The number of hydroxylamine groups is 2. The molecular formula is C11H19NO2. The first-order valence-corrected chi connectivity index (χ1v) is 5.03. The maximum atomic E-state index is 11.5. The van der Waals surface area contributed by atoms with Crippen LogP contribution in [0.25, 0.3) is 0 Å². The van der Waals surface area contributed by atoms with Crippen LogP contribution in [-0.2, 0) is 9.63 Å². The molecule has 1 rings (SSSR count). The second kappa shape index (κ2) is 4.13. The first-order chi connectivity index (χ1) is 6.39. The molecule has 80 valence electrons. The summed E-state index contributed by atoms with van der Waals surface area (Å²) in [4.78, 5) is 16.8. The van der Waals surface area contributed by atoms with Gasteiger partial charge in [-0.2, -0.15) is 0 Å². The van der Waals surface area contributed by atoms with Gasteiger partial charge < -0.3 is 4.84 Å². The van der Waals surface area contributed by atoms with E-state index in [0.717, 1.165) is 25.0 Å². The van der Waals surface area contributed by atoms with Crippen LogP contribution in [0.3, 0.4) is 0 Å². The van der Waals surface area contributed by atoms with Crippen molar-refractivity contribution in [1.29, 1.82) is 0 Å². The lowest BCUT2D eigenvalue weighted by Gasteiger charge is -2.29. The van der Waals surface area contributed by atoms with Crippen molar-refractivity contribution in [1.82, 2.24) is 5.06 Å². The van der Waals surface area contributed by atoms with Crippen molar-refractivity contribution < 1.29 is 9.63 Å². The SMILES string of the molecule is C=C1CCCN(OC(=O)C(C)(C)C)C1. The molecule has 0 amide bonds. The van der Waals surface area contributed by atoms with E-state index in [1.165, 1.54) is 0 Å². The summed E-state index contributed by atoms with van der Waals surface area (Å²) in [7, 11) is 0. The Morgan fingerprint density at radius 2 is 2.14 bits per heavy atom. The summed E-state index contributed by atoms with van der Waals surface area (Å²) in [5.41, 5.74) is 0.705. The zero-order valence-corrected chi connectivity index (χ0v) is 9.30. The van der Waals surface area contributed by atoms with Crippen LogP contribution in [0.4, 0.5) is 0 Å². The van der Waals surface area contributed by atoms with Crippen molar-refractivity contribution in [3.63, 3.8) is 0 Å². The molecule has 0 atom stereocenters. The molecule has 0 spiro atoms. The van der Waals surface area contributed by atoms with E-state index in [1.54, 1.807) is 5.06 Å². The summed E-state index contributed by atoms with van der Waals surface area (Å²) >= 11 is 0. The summed E-state index contributed by atoms with van der Waals surface area (Å²) in [6.45, 7) is 11.0. The number of rotatable bonds is 1. The lowest BCUT2D eigenvalue weighted by molar-refractivity contribution is -0.200. The molecule has 0 bridgehead atoms. The van der Waals surface area contributed by atoms with Gasteiger partial charge in [0.05, 0.1) is 12.0 Å². The van der Waals surface area contributed by atoms with Crippen molar-refractivity contribution in [2.45, 2.75) is 33.6 Å². The van der Waals surface area contributed by atoms with E-state index in [4.69, 9.17) is 4.84 Å². The molecule has 1 fully saturated rings. The van der Waals surface area contributed by atoms with Crippen LogP contribution in [0.5, 0.6) is 0 Å². The molecule has 0 aromatic heterocycles. The van der Waals surface area contributed by atoms with Crippen molar-refractivity contribution in [3.05, 3.63) is 12.2 Å². The normalized spacial score (nSPS) is 19.5. The Bertz CT molecular complexity index is 240. The predicted molar refractivity (Wildman–Crippen MR) is 55.5 cm³/mol. The monoisotopic (exact) mass is 197 g/mol. The Hall–Kier alpha value is -0.830. The van der Waals surface area contributed by atoms with E-state index in [2.05, 4.69) is 6.58 Å². The quantitative estimate of drug-likeness (QED) is 0.603. The first kappa shape index (κ1) is 11.2. The van der Waals surface area contributed by atoms with E-state index in [1.807, 2.05) is 20.8 Å². The molecular weight excluding hydrogens is 178 g/mol. The fourth-order valence-corrected chi connectivity index (χ4v) is 1.25. The second-order valence-corrected chi connectivity index (χ2v) is 4.85. The van der Waals surface area contributed by atoms with Crippen molar-refractivity contribution in [2.24, 2.45) is 5.41 Å². The van der Waals surface area contributed by atoms with Crippen LogP contribution in [-0.4, -0.2) is 24.1 Å². The minimum Gasteiger partial charge on any atom is -0.367 e. The number of piperidine rings is 1. The Morgan fingerprint density at radius 1 is 1.50 bits per heavy atom. The van der Waals surface area contributed by atoms with E-state index in [0.29, 0.717) is 6.54 Å². The van der Waals surface area contributed by atoms with Gasteiger partial charge in [-0.1, -0.05) is 12.2 Å². The Kier molecular flexibility index (Phi) is 3.32. The Morgan fingerprint density at radius 3 is 2.64 bits per heavy atom. The molecule has 1 aliphatic rings. The first-order valence-electron chi connectivity index (χ1n) is 5.03. The zero-order chi connectivity index (χ0) is 10.8. The molecule has 0 N–H and O–H groups in total. The van der Waals surface area contributed by atoms with E-state index in [9.17, 15) is 4.79 Å². The summed E-state index contributed by atoms with van der Waals surface area (Å²) < 4.78 is 0. The number of nitrogens with zero attached hydrogens (tertiary/aromatic N) is 1. The molecule has 3 nitrogen and oxygen atoms in total. The summed E-state index contributed by atoms with van der Waals surface area (Å²) in [5.74, 6) is -0.174. The zero-order valence-electron chi connectivity index (χ0n) is 9.30. The highest BCUT2D eigenvalue weighted by Gasteiger charge is 2.26.